The van der Waals surface area contributed by atoms with Gasteiger partial charge in [0.1, 0.15) is 0 Å². The zero-order chi connectivity index (χ0) is 14.4. The van der Waals surface area contributed by atoms with Crippen LogP contribution in [0.1, 0.15) is 39.0 Å². The van der Waals surface area contributed by atoms with Crippen LogP contribution in [0.5, 0.6) is 0 Å². The van der Waals surface area contributed by atoms with E-state index >= 15 is 0 Å². The zero-order valence-corrected chi connectivity index (χ0v) is 12.7. The van der Waals surface area contributed by atoms with Crippen LogP contribution in [0.25, 0.3) is 0 Å². The van der Waals surface area contributed by atoms with E-state index in [2.05, 4.69) is 11.8 Å². The summed E-state index contributed by atoms with van der Waals surface area (Å²) in [5.41, 5.74) is 5.92. The smallest absolute Gasteiger partial charge is 0.224 e. The van der Waals surface area contributed by atoms with Crippen molar-refractivity contribution in [2.45, 2.75) is 51.2 Å². The molecule has 2 unspecified atom stereocenters. The summed E-state index contributed by atoms with van der Waals surface area (Å²) in [6.45, 7) is 7.18. The van der Waals surface area contributed by atoms with Gasteiger partial charge in [0.2, 0.25) is 5.91 Å². The Morgan fingerprint density at radius 1 is 1.25 bits per heavy atom. The molecule has 2 aliphatic rings. The van der Waals surface area contributed by atoms with E-state index in [0.29, 0.717) is 13.0 Å². The molecular weight excluding hydrogens is 254 g/mol. The van der Waals surface area contributed by atoms with Crippen molar-refractivity contribution in [2.24, 2.45) is 5.73 Å². The second-order valence-corrected chi connectivity index (χ2v) is 6.06. The Labute approximate surface area is 122 Å². The van der Waals surface area contributed by atoms with Crippen molar-refractivity contribution >= 4 is 5.91 Å². The van der Waals surface area contributed by atoms with Crippen LogP contribution in [0, 0.1) is 0 Å². The zero-order valence-electron chi connectivity index (χ0n) is 12.7. The van der Waals surface area contributed by atoms with Crippen LogP contribution in [0.2, 0.25) is 0 Å². The van der Waals surface area contributed by atoms with Crippen LogP contribution in [-0.2, 0) is 9.53 Å². The van der Waals surface area contributed by atoms with Gasteiger partial charge in [-0.15, -0.1) is 0 Å². The first-order valence-corrected chi connectivity index (χ1v) is 8.04. The molecule has 0 bridgehead atoms. The van der Waals surface area contributed by atoms with Gasteiger partial charge in [0, 0.05) is 51.8 Å². The van der Waals surface area contributed by atoms with Crippen LogP contribution in [0.4, 0.5) is 0 Å². The number of ether oxygens (including phenoxy) is 1. The molecule has 1 amide bonds. The molecule has 116 valence electrons. The predicted molar refractivity (Wildman–Crippen MR) is 79.5 cm³/mol. The fourth-order valence-electron chi connectivity index (χ4n) is 3.19. The lowest BCUT2D eigenvalue weighted by molar-refractivity contribution is -0.133. The Kier molecular flexibility index (Phi) is 6.26. The molecule has 2 fully saturated rings. The molecule has 0 aromatic carbocycles. The molecule has 20 heavy (non-hydrogen) atoms. The molecule has 2 saturated heterocycles. The Morgan fingerprint density at radius 2 is 2.00 bits per heavy atom. The molecule has 2 aliphatic heterocycles. The summed E-state index contributed by atoms with van der Waals surface area (Å²) in [5.74, 6) is 0.276. The minimum Gasteiger partial charge on any atom is -0.377 e. The molecule has 5 heteroatoms. The third-order valence-corrected chi connectivity index (χ3v) is 4.39. The molecule has 5 nitrogen and oxygen atoms in total. The maximum Gasteiger partial charge on any atom is 0.224 e. The van der Waals surface area contributed by atoms with E-state index in [0.717, 1.165) is 52.0 Å². The standard InChI is InChI=1S/C15H29N3O2/c1-13-12-18(8-5-9-20-13)14(11-16)10-15(19)17-6-3-2-4-7-17/h13-14H,2-12,16H2,1H3. The number of nitrogens with two attached hydrogens (primary N) is 1. The minimum absolute atomic E-state index is 0.161. The Morgan fingerprint density at radius 3 is 2.70 bits per heavy atom. The van der Waals surface area contributed by atoms with Crippen molar-refractivity contribution in [3.05, 3.63) is 0 Å². The average molecular weight is 283 g/mol. The first-order valence-electron chi connectivity index (χ1n) is 8.04. The molecule has 2 atom stereocenters. The van der Waals surface area contributed by atoms with Crippen molar-refractivity contribution in [3.63, 3.8) is 0 Å². The van der Waals surface area contributed by atoms with Crippen molar-refractivity contribution in [1.82, 2.24) is 9.80 Å². The summed E-state index contributed by atoms with van der Waals surface area (Å²) < 4.78 is 5.67. The molecule has 0 aromatic heterocycles. The van der Waals surface area contributed by atoms with E-state index in [-0.39, 0.29) is 18.1 Å². The first kappa shape index (κ1) is 15.7. The van der Waals surface area contributed by atoms with E-state index in [1.54, 1.807) is 0 Å². The van der Waals surface area contributed by atoms with Gasteiger partial charge in [-0.3, -0.25) is 9.69 Å². The predicted octanol–water partition coefficient (Wildman–Crippen LogP) is 0.827. The Hall–Kier alpha value is -0.650. The molecule has 0 spiro atoms. The number of hydrogen-bond donors (Lipinski definition) is 1. The SMILES string of the molecule is CC1CN(C(CN)CC(=O)N2CCCCC2)CCCO1. The number of piperidine rings is 1. The lowest BCUT2D eigenvalue weighted by Crippen LogP contribution is -2.47. The van der Waals surface area contributed by atoms with Crippen molar-refractivity contribution in [2.75, 3.05) is 39.3 Å². The third kappa shape index (κ3) is 4.43. The third-order valence-electron chi connectivity index (χ3n) is 4.39. The highest BCUT2D eigenvalue weighted by molar-refractivity contribution is 5.77. The number of carbonyl (C=O) groups is 1. The van der Waals surface area contributed by atoms with E-state index in [1.165, 1.54) is 6.42 Å². The van der Waals surface area contributed by atoms with Gasteiger partial charge in [0.15, 0.2) is 0 Å². The van der Waals surface area contributed by atoms with E-state index in [4.69, 9.17) is 10.5 Å². The van der Waals surface area contributed by atoms with Crippen molar-refractivity contribution in [3.8, 4) is 0 Å². The van der Waals surface area contributed by atoms with Gasteiger partial charge in [-0.2, -0.15) is 0 Å². The lowest BCUT2D eigenvalue weighted by Gasteiger charge is -2.33. The highest BCUT2D eigenvalue weighted by atomic mass is 16.5. The maximum atomic E-state index is 12.4. The van der Waals surface area contributed by atoms with Gasteiger partial charge in [0.25, 0.3) is 0 Å². The van der Waals surface area contributed by atoms with Gasteiger partial charge in [-0.05, 0) is 32.6 Å². The van der Waals surface area contributed by atoms with Gasteiger partial charge < -0.3 is 15.4 Å². The quantitative estimate of drug-likeness (QED) is 0.830. The highest BCUT2D eigenvalue weighted by Gasteiger charge is 2.26. The minimum atomic E-state index is 0.161. The highest BCUT2D eigenvalue weighted by Crippen LogP contribution is 2.15. The van der Waals surface area contributed by atoms with Gasteiger partial charge in [-0.25, -0.2) is 0 Å². The number of carbonyl (C=O) groups excluding carboxylic acids is 1. The summed E-state index contributed by atoms with van der Waals surface area (Å²) in [5, 5.41) is 0. The molecule has 0 aliphatic carbocycles. The fraction of sp³-hybridized carbons (Fsp3) is 0.933. The van der Waals surface area contributed by atoms with Gasteiger partial charge in [-0.1, -0.05) is 0 Å². The van der Waals surface area contributed by atoms with Crippen molar-refractivity contribution in [1.29, 1.82) is 0 Å². The summed E-state index contributed by atoms with van der Waals surface area (Å²) in [7, 11) is 0. The average Bonchev–Trinajstić information content (AvgIpc) is 2.70. The first-order chi connectivity index (χ1) is 9.70. The van der Waals surface area contributed by atoms with E-state index in [1.807, 2.05) is 4.90 Å². The van der Waals surface area contributed by atoms with Crippen LogP contribution < -0.4 is 5.73 Å². The van der Waals surface area contributed by atoms with Crippen LogP contribution in [-0.4, -0.2) is 67.2 Å². The van der Waals surface area contributed by atoms with Crippen LogP contribution in [0.15, 0.2) is 0 Å². The summed E-state index contributed by atoms with van der Waals surface area (Å²) in [6.07, 6.45) is 5.37. The molecule has 2 rings (SSSR count). The largest absolute Gasteiger partial charge is 0.377 e. The number of hydrogen-bond acceptors (Lipinski definition) is 4. The van der Waals surface area contributed by atoms with E-state index < -0.39 is 0 Å². The second-order valence-electron chi connectivity index (χ2n) is 6.06. The van der Waals surface area contributed by atoms with Crippen molar-refractivity contribution < 1.29 is 9.53 Å². The van der Waals surface area contributed by atoms with E-state index in [9.17, 15) is 4.79 Å². The molecule has 2 N–H and O–H groups in total. The van der Waals surface area contributed by atoms with Crippen LogP contribution in [0.3, 0.4) is 0 Å². The Balaban J connectivity index is 1.88. The molecule has 0 saturated carbocycles. The maximum absolute atomic E-state index is 12.4. The topological polar surface area (TPSA) is 58.8 Å². The lowest BCUT2D eigenvalue weighted by atomic mass is 10.1. The molecule has 2 heterocycles. The molecule has 0 aromatic rings. The van der Waals surface area contributed by atoms with Gasteiger partial charge in [0.05, 0.1) is 6.10 Å². The second kappa shape index (κ2) is 7.96. The fourth-order valence-corrected chi connectivity index (χ4v) is 3.19. The van der Waals surface area contributed by atoms with Crippen LogP contribution >= 0.6 is 0 Å². The monoisotopic (exact) mass is 283 g/mol. The number of rotatable bonds is 4. The normalized spacial score (nSPS) is 27.1. The summed E-state index contributed by atoms with van der Waals surface area (Å²) in [4.78, 5) is 16.8. The molecular formula is C15H29N3O2. The number of nitrogens with zero attached hydrogens (tertiary/aromatic N) is 2. The summed E-state index contributed by atoms with van der Waals surface area (Å²) >= 11 is 0. The number of amides is 1. The van der Waals surface area contributed by atoms with Gasteiger partial charge >= 0.3 is 0 Å². The Bertz CT molecular complexity index is 305. The summed E-state index contributed by atoms with van der Waals surface area (Å²) in [6, 6.07) is 0.161. The number of likely N-dealkylation sites (tertiary alicyclic amines) is 1. The molecule has 0 radical (unpaired) electrons.